The Kier molecular flexibility index (Phi) is 5.42. The summed E-state index contributed by atoms with van der Waals surface area (Å²) in [7, 11) is 5.12. The number of hydrazine groups is 1. The number of nitro groups is 1. The van der Waals surface area contributed by atoms with E-state index in [9.17, 15) is 14.9 Å². The monoisotopic (exact) mass is 281 g/mol. The second-order valence-electron chi connectivity index (χ2n) is 4.70. The normalized spacial score (nSPS) is 10.4. The minimum Gasteiger partial charge on any atom is -0.348 e. The van der Waals surface area contributed by atoms with E-state index in [0.717, 1.165) is 0 Å². The molecule has 8 nitrogen and oxygen atoms in total. The molecular weight excluding hydrogens is 262 g/mol. The van der Waals surface area contributed by atoms with E-state index in [1.807, 2.05) is 0 Å². The first-order valence-electron chi connectivity index (χ1n) is 5.97. The summed E-state index contributed by atoms with van der Waals surface area (Å²) >= 11 is 0. The number of amides is 1. The molecule has 0 bridgehead atoms. The molecule has 0 spiro atoms. The maximum absolute atomic E-state index is 11.6. The van der Waals surface area contributed by atoms with Crippen molar-refractivity contribution in [2.24, 2.45) is 5.84 Å². The molecule has 0 saturated heterocycles. The van der Waals surface area contributed by atoms with Gasteiger partial charge in [0.2, 0.25) is 5.91 Å². The van der Waals surface area contributed by atoms with Gasteiger partial charge in [-0.3, -0.25) is 25.7 Å². The van der Waals surface area contributed by atoms with Gasteiger partial charge in [-0.1, -0.05) is 0 Å². The molecule has 0 aliphatic heterocycles. The Labute approximate surface area is 117 Å². The zero-order valence-corrected chi connectivity index (χ0v) is 11.8. The van der Waals surface area contributed by atoms with Crippen molar-refractivity contribution >= 4 is 17.3 Å². The van der Waals surface area contributed by atoms with E-state index in [2.05, 4.69) is 5.43 Å². The van der Waals surface area contributed by atoms with Crippen LogP contribution in [0, 0.1) is 10.1 Å². The SMILES string of the molecule is CN(CC(=O)N(C)C)Cc1cc([N+](=O)[O-])ccc1NN. The van der Waals surface area contributed by atoms with E-state index in [1.54, 1.807) is 32.1 Å². The topological polar surface area (TPSA) is 105 Å². The Morgan fingerprint density at radius 1 is 1.40 bits per heavy atom. The Morgan fingerprint density at radius 3 is 2.55 bits per heavy atom. The van der Waals surface area contributed by atoms with Crippen molar-refractivity contribution in [2.45, 2.75) is 6.54 Å². The average molecular weight is 281 g/mol. The number of hydrogen-bond donors (Lipinski definition) is 2. The predicted molar refractivity (Wildman–Crippen MR) is 75.9 cm³/mol. The van der Waals surface area contributed by atoms with Gasteiger partial charge in [0, 0.05) is 32.8 Å². The van der Waals surface area contributed by atoms with Gasteiger partial charge >= 0.3 is 0 Å². The van der Waals surface area contributed by atoms with Crippen LogP contribution in [0.4, 0.5) is 11.4 Å². The Bertz CT molecular complexity index is 504. The molecule has 1 rings (SSSR count). The van der Waals surface area contributed by atoms with Gasteiger partial charge in [-0.2, -0.15) is 0 Å². The summed E-state index contributed by atoms with van der Waals surface area (Å²) in [5.74, 6) is 5.35. The van der Waals surface area contributed by atoms with Gasteiger partial charge in [0.25, 0.3) is 5.69 Å². The van der Waals surface area contributed by atoms with E-state index >= 15 is 0 Å². The van der Waals surface area contributed by atoms with Crippen LogP contribution in [-0.4, -0.2) is 48.3 Å². The number of nitro benzene ring substituents is 1. The van der Waals surface area contributed by atoms with Crippen molar-refractivity contribution in [1.82, 2.24) is 9.80 Å². The molecule has 0 radical (unpaired) electrons. The number of anilines is 1. The number of rotatable bonds is 6. The Balaban J connectivity index is 2.86. The van der Waals surface area contributed by atoms with Gasteiger partial charge in [0.05, 0.1) is 17.2 Å². The molecule has 1 amide bonds. The lowest BCUT2D eigenvalue weighted by molar-refractivity contribution is -0.384. The third-order valence-electron chi connectivity index (χ3n) is 2.80. The number of nitrogens with zero attached hydrogens (tertiary/aromatic N) is 3. The summed E-state index contributed by atoms with van der Waals surface area (Å²) in [6.07, 6.45) is 0. The maximum atomic E-state index is 11.6. The summed E-state index contributed by atoms with van der Waals surface area (Å²) in [5, 5.41) is 10.8. The van der Waals surface area contributed by atoms with Crippen LogP contribution in [0.3, 0.4) is 0 Å². The summed E-state index contributed by atoms with van der Waals surface area (Å²) in [6, 6.07) is 4.38. The third-order valence-corrected chi connectivity index (χ3v) is 2.80. The molecule has 0 heterocycles. The fourth-order valence-electron chi connectivity index (χ4n) is 1.68. The second kappa shape index (κ2) is 6.83. The highest BCUT2D eigenvalue weighted by molar-refractivity contribution is 5.77. The quantitative estimate of drug-likeness (QED) is 0.444. The molecule has 3 N–H and O–H groups in total. The van der Waals surface area contributed by atoms with Crippen molar-refractivity contribution in [1.29, 1.82) is 0 Å². The van der Waals surface area contributed by atoms with E-state index in [4.69, 9.17) is 5.84 Å². The molecule has 0 unspecified atom stereocenters. The van der Waals surface area contributed by atoms with E-state index in [1.165, 1.54) is 17.0 Å². The largest absolute Gasteiger partial charge is 0.348 e. The highest BCUT2D eigenvalue weighted by Crippen LogP contribution is 2.22. The van der Waals surface area contributed by atoms with Crippen LogP contribution in [0.5, 0.6) is 0 Å². The zero-order valence-electron chi connectivity index (χ0n) is 11.8. The third kappa shape index (κ3) is 4.18. The first kappa shape index (κ1) is 15.9. The number of likely N-dealkylation sites (N-methyl/N-ethyl adjacent to an activating group) is 2. The molecule has 0 aliphatic rings. The van der Waals surface area contributed by atoms with Gasteiger partial charge in [-0.05, 0) is 18.7 Å². The summed E-state index contributed by atoms with van der Waals surface area (Å²) in [5.41, 5.74) is 3.75. The number of nitrogen functional groups attached to an aromatic ring is 1. The lowest BCUT2D eigenvalue weighted by atomic mass is 10.1. The predicted octanol–water partition coefficient (Wildman–Crippen LogP) is 0.400. The van der Waals surface area contributed by atoms with Crippen molar-refractivity contribution in [3.63, 3.8) is 0 Å². The molecule has 8 heteroatoms. The molecule has 0 atom stereocenters. The lowest BCUT2D eigenvalue weighted by Gasteiger charge is -2.20. The molecule has 0 fully saturated rings. The minimum absolute atomic E-state index is 0.00802. The first-order valence-corrected chi connectivity index (χ1v) is 5.97. The number of non-ortho nitro benzene ring substituents is 1. The van der Waals surface area contributed by atoms with Gasteiger partial charge in [0.1, 0.15) is 0 Å². The number of benzene rings is 1. The van der Waals surface area contributed by atoms with Crippen LogP contribution >= 0.6 is 0 Å². The fourth-order valence-corrected chi connectivity index (χ4v) is 1.68. The lowest BCUT2D eigenvalue weighted by Crippen LogP contribution is -2.34. The highest BCUT2D eigenvalue weighted by atomic mass is 16.6. The van der Waals surface area contributed by atoms with Crippen molar-refractivity contribution < 1.29 is 9.72 Å². The van der Waals surface area contributed by atoms with Gasteiger partial charge in [-0.25, -0.2) is 0 Å². The van der Waals surface area contributed by atoms with E-state index in [-0.39, 0.29) is 18.1 Å². The standard InChI is InChI=1S/C12H19N5O3/c1-15(2)12(18)8-16(3)7-9-6-10(17(19)20)4-5-11(9)14-13/h4-6,14H,7-8,13H2,1-3H3. The van der Waals surface area contributed by atoms with E-state index < -0.39 is 4.92 Å². The van der Waals surface area contributed by atoms with Crippen molar-refractivity contribution in [3.05, 3.63) is 33.9 Å². The van der Waals surface area contributed by atoms with Gasteiger partial charge < -0.3 is 10.3 Å². The number of nitrogens with two attached hydrogens (primary N) is 1. The molecule has 1 aromatic rings. The summed E-state index contributed by atoms with van der Waals surface area (Å²) in [6.45, 7) is 0.598. The van der Waals surface area contributed by atoms with Gasteiger partial charge in [-0.15, -0.1) is 0 Å². The number of nitrogens with one attached hydrogen (secondary N) is 1. The van der Waals surface area contributed by atoms with Crippen LogP contribution < -0.4 is 11.3 Å². The van der Waals surface area contributed by atoms with Crippen LogP contribution in [0.1, 0.15) is 5.56 Å². The van der Waals surface area contributed by atoms with Crippen LogP contribution in [0.25, 0.3) is 0 Å². The average Bonchev–Trinajstić information content (AvgIpc) is 2.38. The zero-order chi connectivity index (χ0) is 15.3. The summed E-state index contributed by atoms with van der Waals surface area (Å²) < 4.78 is 0. The Morgan fingerprint density at radius 2 is 2.05 bits per heavy atom. The van der Waals surface area contributed by atoms with Crippen LogP contribution in [0.2, 0.25) is 0 Å². The molecular formula is C12H19N5O3. The smallest absolute Gasteiger partial charge is 0.269 e. The molecule has 20 heavy (non-hydrogen) atoms. The first-order chi connectivity index (χ1) is 9.35. The van der Waals surface area contributed by atoms with Gasteiger partial charge in [0.15, 0.2) is 0 Å². The number of carbonyl (C=O) groups is 1. The maximum Gasteiger partial charge on any atom is 0.269 e. The number of carbonyl (C=O) groups excluding carboxylic acids is 1. The highest BCUT2D eigenvalue weighted by Gasteiger charge is 2.14. The minimum atomic E-state index is -0.464. The van der Waals surface area contributed by atoms with Crippen molar-refractivity contribution in [3.8, 4) is 0 Å². The summed E-state index contributed by atoms with van der Waals surface area (Å²) in [4.78, 5) is 25.2. The molecule has 1 aromatic carbocycles. The van der Waals surface area contributed by atoms with Crippen molar-refractivity contribution in [2.75, 3.05) is 33.1 Å². The van der Waals surface area contributed by atoms with Crippen LogP contribution in [0.15, 0.2) is 18.2 Å². The van der Waals surface area contributed by atoms with E-state index in [0.29, 0.717) is 17.8 Å². The number of hydrogen-bond acceptors (Lipinski definition) is 6. The molecule has 0 saturated carbocycles. The molecule has 0 aromatic heterocycles. The molecule has 110 valence electrons. The van der Waals surface area contributed by atoms with Crippen LogP contribution in [-0.2, 0) is 11.3 Å². The Hall–Kier alpha value is -2.19. The second-order valence-corrected chi connectivity index (χ2v) is 4.70. The molecule has 0 aliphatic carbocycles. The fraction of sp³-hybridized carbons (Fsp3) is 0.417.